The third kappa shape index (κ3) is 3.34. The van der Waals surface area contributed by atoms with Crippen molar-refractivity contribution in [3.63, 3.8) is 0 Å². The lowest BCUT2D eigenvalue weighted by molar-refractivity contribution is -0.973. The Bertz CT molecular complexity index is 830. The summed E-state index contributed by atoms with van der Waals surface area (Å²) in [5, 5.41) is 0.287. The Labute approximate surface area is 147 Å². The second kappa shape index (κ2) is 6.52. The molecule has 135 valence electrons. The molecule has 0 aliphatic carbocycles. The highest BCUT2D eigenvalue weighted by atomic mass is 19.1. The molecule has 1 aliphatic heterocycles. The number of hydrogen-bond donors (Lipinski definition) is 0. The summed E-state index contributed by atoms with van der Waals surface area (Å²) in [5.41, 5.74) is 0.174. The van der Waals surface area contributed by atoms with Gasteiger partial charge in [0.2, 0.25) is 0 Å². The van der Waals surface area contributed by atoms with Crippen molar-refractivity contribution in [2.75, 3.05) is 19.6 Å². The average molecular weight is 348 g/mol. The topological polar surface area (TPSA) is 22.0 Å². The van der Waals surface area contributed by atoms with Crippen LogP contribution in [-0.2, 0) is 6.54 Å². The number of rotatable bonds is 3. The monoisotopic (exact) mass is 348 g/mol. The second-order valence-electron chi connectivity index (χ2n) is 8.00. The van der Waals surface area contributed by atoms with Gasteiger partial charge in [0, 0.05) is 17.5 Å². The van der Waals surface area contributed by atoms with E-state index < -0.39 is 11.6 Å². The van der Waals surface area contributed by atoms with Crippen molar-refractivity contribution in [1.82, 2.24) is 4.57 Å². The molecule has 3 rings (SSSR count). The zero-order chi connectivity index (χ0) is 18.2. The number of hydrogen-bond acceptors (Lipinski definition) is 1. The number of likely N-dealkylation sites (tertiary alicyclic amines) is 1. The number of benzene rings is 1. The highest BCUT2D eigenvalue weighted by Crippen LogP contribution is 2.30. The molecular formula is C20H26F2N2O+. The quantitative estimate of drug-likeness (QED) is 0.771. The largest absolute Gasteiger partial charge is 0.318 e. The first-order valence-corrected chi connectivity index (χ1v) is 8.90. The first-order chi connectivity index (χ1) is 11.7. The third-order valence-electron chi connectivity index (χ3n) is 5.72. The fourth-order valence-electron chi connectivity index (χ4n) is 4.01. The Kier molecular flexibility index (Phi) is 4.71. The normalized spacial score (nSPS) is 17.8. The van der Waals surface area contributed by atoms with Gasteiger partial charge >= 0.3 is 0 Å². The maximum Gasteiger partial charge on any atom is 0.251 e. The Balaban J connectivity index is 2.00. The summed E-state index contributed by atoms with van der Waals surface area (Å²) >= 11 is 0. The molecule has 1 saturated heterocycles. The number of aromatic nitrogens is 1. The molecule has 0 saturated carbocycles. The molecule has 0 N–H and O–H groups in total. The second-order valence-corrected chi connectivity index (χ2v) is 8.00. The van der Waals surface area contributed by atoms with Gasteiger partial charge in [0.1, 0.15) is 11.6 Å². The summed E-state index contributed by atoms with van der Waals surface area (Å²) in [7, 11) is 0. The van der Waals surface area contributed by atoms with Crippen LogP contribution in [0, 0.1) is 18.1 Å². The minimum absolute atomic E-state index is 0.0545. The number of quaternary nitrogens is 1. The van der Waals surface area contributed by atoms with Crippen molar-refractivity contribution in [1.29, 1.82) is 0 Å². The van der Waals surface area contributed by atoms with Crippen molar-refractivity contribution in [3.8, 4) is 0 Å². The number of pyridine rings is 1. The number of halogens is 2. The molecule has 1 aliphatic rings. The molecule has 2 aromatic rings. The fourth-order valence-corrected chi connectivity index (χ4v) is 4.01. The Morgan fingerprint density at radius 3 is 2.44 bits per heavy atom. The van der Waals surface area contributed by atoms with E-state index >= 15 is 0 Å². The van der Waals surface area contributed by atoms with E-state index in [4.69, 9.17) is 0 Å². The van der Waals surface area contributed by atoms with Crippen LogP contribution in [0.15, 0.2) is 29.1 Å². The molecule has 0 spiro atoms. The lowest BCUT2D eigenvalue weighted by Gasteiger charge is -2.51. The van der Waals surface area contributed by atoms with Crippen LogP contribution in [0.5, 0.6) is 0 Å². The zero-order valence-corrected chi connectivity index (χ0v) is 15.2. The van der Waals surface area contributed by atoms with Crippen molar-refractivity contribution in [2.24, 2.45) is 0 Å². The summed E-state index contributed by atoms with van der Waals surface area (Å²) in [4.78, 5) is 12.4. The van der Waals surface area contributed by atoms with E-state index in [-0.39, 0.29) is 16.5 Å². The van der Waals surface area contributed by atoms with Gasteiger partial charge in [-0.2, -0.15) is 0 Å². The first kappa shape index (κ1) is 18.1. The smallest absolute Gasteiger partial charge is 0.251 e. The number of piperidine rings is 1. The zero-order valence-electron chi connectivity index (χ0n) is 15.2. The van der Waals surface area contributed by atoms with E-state index in [2.05, 4.69) is 27.2 Å². The summed E-state index contributed by atoms with van der Waals surface area (Å²) in [6.07, 6.45) is 4.44. The lowest BCUT2D eigenvalue weighted by atomic mass is 9.95. The van der Waals surface area contributed by atoms with Crippen LogP contribution in [0.4, 0.5) is 8.78 Å². The van der Waals surface area contributed by atoms with Crippen molar-refractivity contribution >= 4 is 10.9 Å². The van der Waals surface area contributed by atoms with Crippen molar-refractivity contribution in [3.05, 3.63) is 52.7 Å². The molecule has 3 nitrogen and oxygen atoms in total. The van der Waals surface area contributed by atoms with Gasteiger partial charge in [-0.3, -0.25) is 4.79 Å². The van der Waals surface area contributed by atoms with E-state index in [0.717, 1.165) is 43.0 Å². The first-order valence-electron chi connectivity index (χ1n) is 8.90. The Morgan fingerprint density at radius 2 is 1.80 bits per heavy atom. The predicted molar refractivity (Wildman–Crippen MR) is 96.3 cm³/mol. The molecule has 1 radical (unpaired) electrons. The van der Waals surface area contributed by atoms with Gasteiger partial charge < -0.3 is 9.05 Å². The van der Waals surface area contributed by atoms with Crippen LogP contribution in [0.1, 0.15) is 33.6 Å². The van der Waals surface area contributed by atoms with Gasteiger partial charge in [0.25, 0.3) is 5.56 Å². The van der Waals surface area contributed by atoms with Crippen LogP contribution in [0.2, 0.25) is 0 Å². The molecular weight excluding hydrogens is 322 g/mol. The van der Waals surface area contributed by atoms with Gasteiger partial charge in [0.05, 0.1) is 37.2 Å². The van der Waals surface area contributed by atoms with Crippen molar-refractivity contribution < 1.29 is 13.3 Å². The van der Waals surface area contributed by atoms with Crippen LogP contribution < -0.4 is 5.56 Å². The molecule has 0 bridgehead atoms. The molecule has 1 aromatic heterocycles. The summed E-state index contributed by atoms with van der Waals surface area (Å²) in [5.74, 6) is -1.28. The summed E-state index contributed by atoms with van der Waals surface area (Å²) < 4.78 is 30.2. The highest BCUT2D eigenvalue weighted by Gasteiger charge is 2.40. The molecule has 0 amide bonds. The number of fused-ring (bicyclic) bond motifs is 1. The fraction of sp³-hybridized carbons (Fsp3) is 0.500. The van der Waals surface area contributed by atoms with Gasteiger partial charge in [-0.05, 0) is 52.2 Å². The van der Waals surface area contributed by atoms with Gasteiger partial charge in [-0.25, -0.2) is 8.78 Å². The highest BCUT2D eigenvalue weighted by molar-refractivity contribution is 5.79. The van der Waals surface area contributed by atoms with E-state index in [1.807, 2.05) is 0 Å². The molecule has 5 heteroatoms. The molecule has 1 fully saturated rings. The molecule has 2 heterocycles. The summed E-state index contributed by atoms with van der Waals surface area (Å²) in [6.45, 7) is 9.97. The van der Waals surface area contributed by atoms with E-state index in [1.165, 1.54) is 22.8 Å². The number of nitrogens with zero attached hydrogens (tertiary/aromatic N) is 2. The minimum Gasteiger partial charge on any atom is -0.318 e. The summed E-state index contributed by atoms with van der Waals surface area (Å²) in [6, 6.07) is 4.92. The van der Waals surface area contributed by atoms with Gasteiger partial charge in [0.15, 0.2) is 0 Å². The SMILES string of the molecule is CC(C)(C)[N+]1(CCn2c(=O)ccc3c(F)cc(F)cc32)CC[CH]CC1. The van der Waals surface area contributed by atoms with E-state index in [9.17, 15) is 13.6 Å². The maximum atomic E-state index is 14.1. The minimum atomic E-state index is -0.656. The van der Waals surface area contributed by atoms with E-state index in [0.29, 0.717) is 12.1 Å². The van der Waals surface area contributed by atoms with Gasteiger partial charge in [-0.1, -0.05) is 0 Å². The van der Waals surface area contributed by atoms with Crippen LogP contribution in [0.3, 0.4) is 0 Å². The van der Waals surface area contributed by atoms with Crippen LogP contribution in [-0.4, -0.2) is 34.2 Å². The standard InChI is InChI=1S/C20H26F2N2O/c1-20(2,3)24(10-5-4-6-11-24)12-9-23-18-14-15(21)13-17(22)16(18)7-8-19(23)25/h4,7-8,13-14H,5-6,9-12H2,1-3H3/q+1. The van der Waals surface area contributed by atoms with E-state index in [1.54, 1.807) is 0 Å². The molecule has 1 aromatic carbocycles. The van der Waals surface area contributed by atoms with Crippen molar-refractivity contribution in [2.45, 2.75) is 45.7 Å². The maximum absolute atomic E-state index is 14.1. The van der Waals surface area contributed by atoms with Crippen LogP contribution in [0.25, 0.3) is 10.9 Å². The third-order valence-corrected chi connectivity index (χ3v) is 5.72. The Hall–Kier alpha value is -1.75. The Morgan fingerprint density at radius 1 is 1.12 bits per heavy atom. The lowest BCUT2D eigenvalue weighted by Crippen LogP contribution is -2.63. The van der Waals surface area contributed by atoms with Gasteiger partial charge in [-0.15, -0.1) is 0 Å². The van der Waals surface area contributed by atoms with Crippen LogP contribution >= 0.6 is 0 Å². The predicted octanol–water partition coefficient (Wildman–Crippen LogP) is 3.89. The molecule has 0 atom stereocenters. The molecule has 0 unspecified atom stereocenters. The molecule has 25 heavy (non-hydrogen) atoms. The average Bonchev–Trinajstić information content (AvgIpc) is 2.53.